The van der Waals surface area contributed by atoms with Crippen LogP contribution < -0.4 is 15.2 Å². The summed E-state index contributed by atoms with van der Waals surface area (Å²) in [5.74, 6) is -1.27. The summed E-state index contributed by atoms with van der Waals surface area (Å²) in [5, 5.41) is 9.14. The Morgan fingerprint density at radius 3 is 2.52 bits per heavy atom. The van der Waals surface area contributed by atoms with E-state index >= 15 is 0 Å². The van der Waals surface area contributed by atoms with Crippen molar-refractivity contribution in [3.8, 4) is 17.2 Å². The van der Waals surface area contributed by atoms with Crippen LogP contribution in [-0.2, 0) is 0 Å². The molecular formula is C14H11BrFNO4. The van der Waals surface area contributed by atoms with Gasteiger partial charge in [0.25, 0.3) is 0 Å². The van der Waals surface area contributed by atoms with Crippen molar-refractivity contribution in [2.75, 3.05) is 12.8 Å². The van der Waals surface area contributed by atoms with Gasteiger partial charge in [-0.15, -0.1) is 0 Å². The fraction of sp³-hybridized carbons (Fsp3) is 0.0714. The monoisotopic (exact) mass is 355 g/mol. The van der Waals surface area contributed by atoms with Gasteiger partial charge in [0.15, 0.2) is 0 Å². The van der Waals surface area contributed by atoms with Crippen LogP contribution in [0.1, 0.15) is 10.4 Å². The molecule has 7 heteroatoms. The number of anilines is 1. The predicted octanol–water partition coefficient (Wildman–Crippen LogP) is 3.67. The first-order valence-electron chi connectivity index (χ1n) is 5.76. The first-order valence-corrected chi connectivity index (χ1v) is 6.56. The number of hydrogen-bond donors (Lipinski definition) is 2. The highest BCUT2D eigenvalue weighted by atomic mass is 79.9. The maximum absolute atomic E-state index is 13.4. The molecule has 0 heterocycles. The van der Waals surface area contributed by atoms with E-state index in [0.717, 1.165) is 6.07 Å². The largest absolute Gasteiger partial charge is 0.497 e. The zero-order valence-electron chi connectivity index (χ0n) is 10.9. The van der Waals surface area contributed by atoms with Crippen molar-refractivity contribution in [1.29, 1.82) is 0 Å². The van der Waals surface area contributed by atoms with Gasteiger partial charge in [-0.05, 0) is 46.3 Å². The number of carboxylic acids is 1. The molecule has 5 nitrogen and oxygen atoms in total. The molecule has 2 aromatic rings. The Balaban J connectivity index is 2.45. The molecule has 0 aromatic heterocycles. The molecule has 0 amide bonds. The number of nitrogen functional groups attached to an aromatic ring is 1. The fourth-order valence-corrected chi connectivity index (χ4v) is 2.13. The predicted molar refractivity (Wildman–Crippen MR) is 78.5 cm³/mol. The molecule has 0 saturated heterocycles. The van der Waals surface area contributed by atoms with Gasteiger partial charge in [0.2, 0.25) is 0 Å². The van der Waals surface area contributed by atoms with Gasteiger partial charge in [0, 0.05) is 0 Å². The topological polar surface area (TPSA) is 81.8 Å². The van der Waals surface area contributed by atoms with Gasteiger partial charge in [0.05, 0.1) is 17.3 Å². The SMILES string of the molecule is COc1ccc(Oc2ccc(F)c(N)c2C(=O)O)c(Br)c1. The van der Waals surface area contributed by atoms with Crippen molar-refractivity contribution in [1.82, 2.24) is 0 Å². The van der Waals surface area contributed by atoms with Gasteiger partial charge in [0.1, 0.15) is 28.6 Å². The first-order chi connectivity index (χ1) is 9.93. The molecule has 21 heavy (non-hydrogen) atoms. The smallest absolute Gasteiger partial charge is 0.341 e. The van der Waals surface area contributed by atoms with E-state index < -0.39 is 23.0 Å². The lowest BCUT2D eigenvalue weighted by atomic mass is 10.1. The summed E-state index contributed by atoms with van der Waals surface area (Å²) < 4.78 is 24.5. The number of methoxy groups -OCH3 is 1. The minimum Gasteiger partial charge on any atom is -0.497 e. The summed E-state index contributed by atoms with van der Waals surface area (Å²) in [7, 11) is 1.52. The lowest BCUT2D eigenvalue weighted by Crippen LogP contribution is -2.07. The average molecular weight is 356 g/mol. The molecule has 0 bridgehead atoms. The lowest BCUT2D eigenvalue weighted by Gasteiger charge is -2.13. The highest BCUT2D eigenvalue weighted by Gasteiger charge is 2.20. The van der Waals surface area contributed by atoms with Gasteiger partial charge in [-0.1, -0.05) is 0 Å². The van der Waals surface area contributed by atoms with Crippen LogP contribution in [0.2, 0.25) is 0 Å². The molecule has 0 aliphatic heterocycles. The Labute approximate surface area is 128 Å². The zero-order valence-corrected chi connectivity index (χ0v) is 12.5. The van der Waals surface area contributed by atoms with Crippen LogP contribution in [0.4, 0.5) is 10.1 Å². The number of carboxylic acid groups (broad SMARTS) is 1. The Morgan fingerprint density at radius 2 is 1.95 bits per heavy atom. The second kappa shape index (κ2) is 6.01. The van der Waals surface area contributed by atoms with Crippen molar-refractivity contribution in [2.45, 2.75) is 0 Å². The molecule has 0 atom stereocenters. The van der Waals surface area contributed by atoms with Gasteiger partial charge in [-0.25, -0.2) is 9.18 Å². The minimum absolute atomic E-state index is 0.0488. The normalized spacial score (nSPS) is 10.2. The Morgan fingerprint density at radius 1 is 1.29 bits per heavy atom. The molecule has 0 saturated carbocycles. The van der Waals surface area contributed by atoms with E-state index in [1.165, 1.54) is 13.2 Å². The number of aromatic carboxylic acids is 1. The van der Waals surface area contributed by atoms with Gasteiger partial charge in [-0.3, -0.25) is 0 Å². The van der Waals surface area contributed by atoms with Crippen LogP contribution in [0.5, 0.6) is 17.2 Å². The Hall–Kier alpha value is -2.28. The molecule has 0 fully saturated rings. The maximum atomic E-state index is 13.4. The summed E-state index contributed by atoms with van der Waals surface area (Å²) in [5.41, 5.74) is 4.57. The Kier molecular flexibility index (Phi) is 4.32. The number of hydrogen-bond acceptors (Lipinski definition) is 4. The number of carbonyl (C=O) groups is 1. The number of halogens is 2. The quantitative estimate of drug-likeness (QED) is 0.817. The molecule has 0 aliphatic rings. The average Bonchev–Trinajstić information content (AvgIpc) is 2.44. The highest BCUT2D eigenvalue weighted by molar-refractivity contribution is 9.10. The van der Waals surface area contributed by atoms with Crippen molar-refractivity contribution < 1.29 is 23.8 Å². The van der Waals surface area contributed by atoms with Crippen LogP contribution in [-0.4, -0.2) is 18.2 Å². The number of ether oxygens (including phenoxy) is 2. The fourth-order valence-electron chi connectivity index (χ4n) is 1.69. The summed E-state index contributed by atoms with van der Waals surface area (Å²) in [6, 6.07) is 7.16. The second-order valence-electron chi connectivity index (χ2n) is 4.04. The Bertz CT molecular complexity index is 706. The lowest BCUT2D eigenvalue weighted by molar-refractivity contribution is 0.0695. The summed E-state index contributed by atoms with van der Waals surface area (Å²) >= 11 is 3.28. The standard InChI is InChI=1S/C14H11BrFNO4/c1-20-7-2-4-10(8(15)6-7)21-11-5-3-9(16)13(17)12(11)14(18)19/h2-6H,17H2,1H3,(H,18,19). The van der Waals surface area contributed by atoms with Crippen LogP contribution in [0, 0.1) is 5.82 Å². The third-order valence-corrected chi connectivity index (χ3v) is 3.35. The van der Waals surface area contributed by atoms with Crippen LogP contribution >= 0.6 is 15.9 Å². The number of nitrogens with two attached hydrogens (primary N) is 1. The molecular weight excluding hydrogens is 345 g/mol. The van der Waals surface area contributed by atoms with Crippen LogP contribution in [0.3, 0.4) is 0 Å². The zero-order chi connectivity index (χ0) is 15.6. The third kappa shape index (κ3) is 3.08. The van der Waals surface area contributed by atoms with Crippen LogP contribution in [0.15, 0.2) is 34.8 Å². The molecule has 0 spiro atoms. The van der Waals surface area contributed by atoms with Gasteiger partial charge in [-0.2, -0.15) is 0 Å². The van der Waals surface area contributed by atoms with E-state index in [1.807, 2.05) is 0 Å². The minimum atomic E-state index is -1.37. The van der Waals surface area contributed by atoms with E-state index in [2.05, 4.69) is 15.9 Å². The molecule has 0 aliphatic carbocycles. The van der Waals surface area contributed by atoms with E-state index in [9.17, 15) is 9.18 Å². The summed E-state index contributed by atoms with van der Waals surface area (Å²) in [4.78, 5) is 11.2. The molecule has 2 aromatic carbocycles. The molecule has 110 valence electrons. The maximum Gasteiger partial charge on any atom is 0.341 e. The summed E-state index contributed by atoms with van der Waals surface area (Å²) in [6.45, 7) is 0. The van der Waals surface area contributed by atoms with Crippen molar-refractivity contribution >= 4 is 27.6 Å². The second-order valence-corrected chi connectivity index (χ2v) is 4.89. The van der Waals surface area contributed by atoms with Crippen LogP contribution in [0.25, 0.3) is 0 Å². The van der Waals surface area contributed by atoms with Crippen molar-refractivity contribution in [3.63, 3.8) is 0 Å². The molecule has 3 N–H and O–H groups in total. The molecule has 0 unspecified atom stereocenters. The molecule has 2 rings (SSSR count). The van der Waals surface area contributed by atoms with Crippen molar-refractivity contribution in [3.05, 3.63) is 46.2 Å². The van der Waals surface area contributed by atoms with Crippen molar-refractivity contribution in [2.24, 2.45) is 0 Å². The summed E-state index contributed by atoms with van der Waals surface area (Å²) in [6.07, 6.45) is 0. The van der Waals surface area contributed by atoms with Gasteiger partial charge >= 0.3 is 5.97 Å². The highest BCUT2D eigenvalue weighted by Crippen LogP contribution is 2.36. The van der Waals surface area contributed by atoms with E-state index in [1.54, 1.807) is 18.2 Å². The van der Waals surface area contributed by atoms with E-state index in [4.69, 9.17) is 20.3 Å². The van der Waals surface area contributed by atoms with Gasteiger partial charge < -0.3 is 20.3 Å². The number of rotatable bonds is 4. The number of benzene rings is 2. The van der Waals surface area contributed by atoms with E-state index in [-0.39, 0.29) is 5.75 Å². The first kappa shape index (κ1) is 15.1. The van der Waals surface area contributed by atoms with E-state index in [0.29, 0.717) is 16.0 Å². The third-order valence-electron chi connectivity index (χ3n) is 2.73. The molecule has 0 radical (unpaired) electrons.